The van der Waals surface area contributed by atoms with E-state index in [-0.39, 0.29) is 11.8 Å². The van der Waals surface area contributed by atoms with Gasteiger partial charge in [-0.2, -0.15) is 0 Å². The lowest BCUT2D eigenvalue weighted by Gasteiger charge is -2.21. The van der Waals surface area contributed by atoms with Crippen LogP contribution in [0.3, 0.4) is 0 Å². The molecule has 1 aliphatic rings. The Bertz CT molecular complexity index is 585. The van der Waals surface area contributed by atoms with Gasteiger partial charge in [0.1, 0.15) is 0 Å². The predicted octanol–water partition coefficient (Wildman–Crippen LogP) is 1.21. The third-order valence-electron chi connectivity index (χ3n) is 3.52. The topological polar surface area (TPSA) is 70.2 Å². The van der Waals surface area contributed by atoms with Gasteiger partial charge in [0.2, 0.25) is 0 Å². The van der Waals surface area contributed by atoms with Gasteiger partial charge >= 0.3 is 0 Å². The molecule has 0 aliphatic carbocycles. The molecule has 1 fully saturated rings. The molecule has 5 nitrogen and oxygen atoms in total. The molecule has 0 saturated carbocycles. The van der Waals surface area contributed by atoms with Crippen LogP contribution < -0.4 is 16.0 Å². The van der Waals surface area contributed by atoms with Crippen molar-refractivity contribution in [3.05, 3.63) is 40.5 Å². The lowest BCUT2D eigenvalue weighted by atomic mass is 10.0. The van der Waals surface area contributed by atoms with Crippen molar-refractivity contribution in [1.29, 1.82) is 0 Å². The largest absolute Gasteiger partial charge is 0.355 e. The van der Waals surface area contributed by atoms with Gasteiger partial charge in [-0.3, -0.25) is 9.59 Å². The van der Waals surface area contributed by atoms with Crippen LogP contribution in [0.15, 0.2) is 29.3 Å². The van der Waals surface area contributed by atoms with E-state index in [0.717, 1.165) is 29.8 Å². The normalized spacial score (nSPS) is 13.4. The molecule has 0 aromatic heterocycles. The Kier molecular flexibility index (Phi) is 4.20. The molecule has 0 radical (unpaired) electrons. The van der Waals surface area contributed by atoms with Crippen LogP contribution in [0.2, 0.25) is 0 Å². The maximum Gasteiger partial charge on any atom is 0.251 e. The number of amides is 2. The Morgan fingerprint density at radius 1 is 1.25 bits per heavy atom. The van der Waals surface area contributed by atoms with E-state index < -0.39 is 0 Å². The standard InChI is InChI=1S/C15H19N3O2/c1-9-4-5-11(15(20)16-3)6-13(9)18-14(19)10(2)12-7-17-8-12/h4-6,17H,7-8H2,1-3H3,(H,16,20)(H,18,19). The molecule has 3 N–H and O–H groups in total. The Morgan fingerprint density at radius 2 is 1.95 bits per heavy atom. The number of benzene rings is 1. The Labute approximate surface area is 118 Å². The van der Waals surface area contributed by atoms with Crippen LogP contribution in [0.1, 0.15) is 22.8 Å². The third kappa shape index (κ3) is 2.88. The van der Waals surface area contributed by atoms with Crippen LogP contribution in [-0.2, 0) is 4.79 Å². The number of rotatable bonds is 3. The summed E-state index contributed by atoms with van der Waals surface area (Å²) >= 11 is 0. The molecule has 2 amide bonds. The monoisotopic (exact) mass is 273 g/mol. The van der Waals surface area contributed by atoms with Crippen molar-refractivity contribution in [2.24, 2.45) is 0 Å². The number of nitrogens with one attached hydrogen (secondary N) is 3. The maximum atomic E-state index is 12.2. The van der Waals surface area contributed by atoms with Crippen molar-refractivity contribution in [2.45, 2.75) is 13.8 Å². The summed E-state index contributed by atoms with van der Waals surface area (Å²) in [5.41, 5.74) is 4.00. The highest BCUT2D eigenvalue weighted by Gasteiger charge is 2.17. The van der Waals surface area contributed by atoms with Crippen molar-refractivity contribution >= 4 is 17.5 Å². The predicted molar refractivity (Wildman–Crippen MR) is 78.8 cm³/mol. The minimum atomic E-state index is -0.168. The molecular weight excluding hydrogens is 254 g/mol. The quantitative estimate of drug-likeness (QED) is 0.725. The lowest BCUT2D eigenvalue weighted by Crippen LogP contribution is -2.36. The van der Waals surface area contributed by atoms with Gasteiger partial charge in [-0.1, -0.05) is 6.07 Å². The average Bonchev–Trinajstić information content (AvgIpc) is 2.38. The summed E-state index contributed by atoms with van der Waals surface area (Å²) in [5, 5.41) is 8.56. The van der Waals surface area contributed by atoms with E-state index in [2.05, 4.69) is 16.0 Å². The van der Waals surface area contributed by atoms with Crippen molar-refractivity contribution in [3.63, 3.8) is 0 Å². The Hall–Kier alpha value is -2.14. The molecule has 0 unspecified atom stereocenters. The fourth-order valence-corrected chi connectivity index (χ4v) is 1.93. The second-order valence-corrected chi connectivity index (χ2v) is 4.90. The second-order valence-electron chi connectivity index (χ2n) is 4.90. The van der Waals surface area contributed by atoms with Crippen LogP contribution in [0.5, 0.6) is 0 Å². The highest BCUT2D eigenvalue weighted by molar-refractivity contribution is 6.05. The van der Waals surface area contributed by atoms with Crippen LogP contribution >= 0.6 is 0 Å². The van der Waals surface area contributed by atoms with E-state index in [9.17, 15) is 9.59 Å². The van der Waals surface area contributed by atoms with Crippen molar-refractivity contribution < 1.29 is 9.59 Å². The average molecular weight is 273 g/mol. The van der Waals surface area contributed by atoms with E-state index in [1.165, 1.54) is 0 Å². The molecule has 20 heavy (non-hydrogen) atoms. The molecule has 1 saturated heterocycles. The number of carbonyl (C=O) groups excluding carboxylic acids is 2. The number of hydrogen-bond donors (Lipinski definition) is 3. The van der Waals surface area contributed by atoms with Gasteiger partial charge in [0, 0.05) is 37.0 Å². The van der Waals surface area contributed by atoms with Gasteiger partial charge in [-0.05, 0) is 37.1 Å². The molecule has 5 heteroatoms. The molecule has 1 aromatic rings. The van der Waals surface area contributed by atoms with Gasteiger partial charge < -0.3 is 16.0 Å². The fourth-order valence-electron chi connectivity index (χ4n) is 1.93. The first-order valence-corrected chi connectivity index (χ1v) is 6.56. The van der Waals surface area contributed by atoms with Crippen molar-refractivity contribution in [1.82, 2.24) is 10.6 Å². The summed E-state index contributed by atoms with van der Waals surface area (Å²) in [4.78, 5) is 23.8. The van der Waals surface area contributed by atoms with Gasteiger partial charge in [-0.15, -0.1) is 0 Å². The van der Waals surface area contributed by atoms with Crippen LogP contribution in [0.25, 0.3) is 0 Å². The van der Waals surface area contributed by atoms with Crippen LogP contribution in [0.4, 0.5) is 5.69 Å². The number of carbonyl (C=O) groups is 2. The summed E-state index contributed by atoms with van der Waals surface area (Å²) in [5.74, 6) is -0.280. The van der Waals surface area contributed by atoms with E-state index in [0.29, 0.717) is 11.3 Å². The molecule has 1 aromatic carbocycles. The molecule has 1 aliphatic heterocycles. The van der Waals surface area contributed by atoms with E-state index in [1.807, 2.05) is 19.9 Å². The summed E-state index contributed by atoms with van der Waals surface area (Å²) in [6.45, 7) is 5.27. The van der Waals surface area contributed by atoms with Gasteiger partial charge in [0.25, 0.3) is 11.8 Å². The second kappa shape index (κ2) is 5.88. The maximum absolute atomic E-state index is 12.2. The summed E-state index contributed by atoms with van der Waals surface area (Å²) in [6, 6.07) is 5.27. The molecule has 0 bridgehead atoms. The van der Waals surface area contributed by atoms with Crippen molar-refractivity contribution in [3.8, 4) is 0 Å². The number of anilines is 1. The van der Waals surface area contributed by atoms with Crippen LogP contribution in [-0.4, -0.2) is 32.0 Å². The molecule has 106 valence electrons. The Morgan fingerprint density at radius 3 is 2.50 bits per heavy atom. The number of aryl methyl sites for hydroxylation is 1. The molecule has 2 rings (SSSR count). The van der Waals surface area contributed by atoms with Gasteiger partial charge in [0.05, 0.1) is 0 Å². The van der Waals surface area contributed by atoms with Crippen LogP contribution in [0, 0.1) is 6.92 Å². The van der Waals surface area contributed by atoms with Gasteiger partial charge in [-0.25, -0.2) is 0 Å². The first-order valence-electron chi connectivity index (χ1n) is 6.56. The first-order chi connectivity index (χ1) is 9.52. The van der Waals surface area contributed by atoms with Crippen molar-refractivity contribution in [2.75, 3.05) is 25.5 Å². The first kappa shape index (κ1) is 14.3. The zero-order valence-corrected chi connectivity index (χ0v) is 12.0. The highest BCUT2D eigenvalue weighted by Crippen LogP contribution is 2.19. The lowest BCUT2D eigenvalue weighted by molar-refractivity contribution is -0.112. The molecule has 1 heterocycles. The van der Waals surface area contributed by atoms with Gasteiger partial charge in [0.15, 0.2) is 0 Å². The minimum absolute atomic E-state index is 0.112. The van der Waals surface area contributed by atoms with E-state index in [1.54, 1.807) is 19.2 Å². The zero-order chi connectivity index (χ0) is 14.7. The SMILES string of the molecule is CNC(=O)c1ccc(C)c(NC(=O)C(C)=C2CNC2)c1. The molecule has 0 spiro atoms. The zero-order valence-electron chi connectivity index (χ0n) is 12.0. The highest BCUT2D eigenvalue weighted by atomic mass is 16.2. The summed E-state index contributed by atoms with van der Waals surface area (Å²) < 4.78 is 0. The van der Waals surface area contributed by atoms with E-state index in [4.69, 9.17) is 0 Å². The summed E-state index contributed by atoms with van der Waals surface area (Å²) in [7, 11) is 1.58. The van der Waals surface area contributed by atoms with E-state index >= 15 is 0 Å². The summed E-state index contributed by atoms with van der Waals surface area (Å²) in [6.07, 6.45) is 0. The Balaban J connectivity index is 2.20. The minimum Gasteiger partial charge on any atom is -0.355 e. The fraction of sp³-hybridized carbons (Fsp3) is 0.333. The number of hydrogen-bond acceptors (Lipinski definition) is 3. The smallest absolute Gasteiger partial charge is 0.251 e. The molecular formula is C15H19N3O2. The molecule has 0 atom stereocenters. The third-order valence-corrected chi connectivity index (χ3v) is 3.52.